The van der Waals surface area contributed by atoms with Crippen molar-refractivity contribution in [3.8, 4) is 0 Å². The molecule has 2 aromatic rings. The quantitative estimate of drug-likeness (QED) is 0.864. The van der Waals surface area contributed by atoms with Gasteiger partial charge in [0.25, 0.3) is 0 Å². The maximum atomic E-state index is 5.95. The molecule has 0 bridgehead atoms. The Bertz CT molecular complexity index is 576. The van der Waals surface area contributed by atoms with E-state index in [2.05, 4.69) is 40.1 Å². The van der Waals surface area contributed by atoms with Gasteiger partial charge < -0.3 is 9.73 Å². The predicted octanol–water partition coefficient (Wildman–Crippen LogP) is 4.04. The highest BCUT2D eigenvalue weighted by Gasteiger charge is 2.36. The maximum Gasteiger partial charge on any atom is 0.213 e. The lowest BCUT2D eigenvalue weighted by Gasteiger charge is -2.37. The zero-order valence-corrected chi connectivity index (χ0v) is 12.3. The number of rotatable bonds is 1. The molecule has 1 saturated heterocycles. The van der Waals surface area contributed by atoms with Gasteiger partial charge >= 0.3 is 0 Å². The number of hydrogen-bond acceptors (Lipinski definition) is 3. The summed E-state index contributed by atoms with van der Waals surface area (Å²) in [5, 5.41) is 3.53. The van der Waals surface area contributed by atoms with Crippen LogP contribution in [0.4, 0.5) is 0 Å². The number of benzene rings is 1. The molecule has 1 aliphatic rings. The number of halogens is 1. The van der Waals surface area contributed by atoms with E-state index in [0.29, 0.717) is 0 Å². The van der Waals surface area contributed by atoms with E-state index in [9.17, 15) is 0 Å². The normalized spacial score (nSPS) is 23.4. The zero-order valence-electron chi connectivity index (χ0n) is 10.7. The number of fused-ring (bicyclic) bond motifs is 1. The van der Waals surface area contributed by atoms with E-state index >= 15 is 0 Å². The van der Waals surface area contributed by atoms with Crippen LogP contribution in [0.2, 0.25) is 0 Å². The van der Waals surface area contributed by atoms with Gasteiger partial charge in [0, 0.05) is 0 Å². The van der Waals surface area contributed by atoms with Gasteiger partial charge in [0.2, 0.25) is 5.89 Å². The standard InChI is InChI=1S/C14H17BrN2O/c1-14(2)7-4-8-16-12(14)13-17-10-6-3-5-9(15)11(10)18-13/h3,5-6,12,16H,4,7-8H2,1-2H3. The van der Waals surface area contributed by atoms with E-state index in [1.807, 2.05) is 18.2 Å². The number of nitrogens with one attached hydrogen (secondary N) is 1. The molecule has 1 unspecified atom stereocenters. The molecule has 0 saturated carbocycles. The van der Waals surface area contributed by atoms with Crippen LogP contribution in [0, 0.1) is 5.41 Å². The molecule has 2 heterocycles. The lowest BCUT2D eigenvalue weighted by Crippen LogP contribution is -2.39. The Morgan fingerprint density at radius 1 is 1.44 bits per heavy atom. The van der Waals surface area contributed by atoms with Crippen molar-refractivity contribution in [2.45, 2.75) is 32.7 Å². The SMILES string of the molecule is CC1(C)CCCNC1c1nc2cccc(Br)c2o1. The lowest BCUT2D eigenvalue weighted by atomic mass is 9.77. The summed E-state index contributed by atoms with van der Waals surface area (Å²) in [4.78, 5) is 4.63. The molecule has 0 radical (unpaired) electrons. The minimum Gasteiger partial charge on any atom is -0.438 e. The van der Waals surface area contributed by atoms with E-state index in [1.54, 1.807) is 0 Å². The van der Waals surface area contributed by atoms with Gasteiger partial charge in [-0.1, -0.05) is 19.9 Å². The highest BCUT2D eigenvalue weighted by Crippen LogP contribution is 2.41. The van der Waals surface area contributed by atoms with E-state index in [4.69, 9.17) is 4.42 Å². The van der Waals surface area contributed by atoms with Crippen LogP contribution < -0.4 is 5.32 Å². The van der Waals surface area contributed by atoms with Crippen LogP contribution in [0.5, 0.6) is 0 Å². The van der Waals surface area contributed by atoms with Gasteiger partial charge in [0.1, 0.15) is 5.52 Å². The first-order valence-corrected chi connectivity index (χ1v) is 7.15. The molecule has 1 fully saturated rings. The van der Waals surface area contributed by atoms with Crippen molar-refractivity contribution in [3.63, 3.8) is 0 Å². The fraction of sp³-hybridized carbons (Fsp3) is 0.500. The Labute approximate surface area is 115 Å². The summed E-state index contributed by atoms with van der Waals surface area (Å²) in [6, 6.07) is 6.16. The highest BCUT2D eigenvalue weighted by atomic mass is 79.9. The Morgan fingerprint density at radius 2 is 2.28 bits per heavy atom. The summed E-state index contributed by atoms with van der Waals surface area (Å²) in [5.74, 6) is 0.807. The summed E-state index contributed by atoms with van der Waals surface area (Å²) < 4.78 is 6.92. The van der Waals surface area contributed by atoms with Crippen LogP contribution in [0.3, 0.4) is 0 Å². The fourth-order valence-electron chi connectivity index (χ4n) is 2.69. The average Bonchev–Trinajstić information content (AvgIpc) is 2.73. The molecule has 3 rings (SSSR count). The molecule has 1 aliphatic heterocycles. The van der Waals surface area contributed by atoms with Crippen molar-refractivity contribution in [2.75, 3.05) is 6.54 Å². The van der Waals surface area contributed by atoms with Gasteiger partial charge in [0.15, 0.2) is 5.58 Å². The van der Waals surface area contributed by atoms with Crippen LogP contribution in [-0.4, -0.2) is 11.5 Å². The smallest absolute Gasteiger partial charge is 0.213 e. The third-order valence-electron chi connectivity index (χ3n) is 3.76. The summed E-state index contributed by atoms with van der Waals surface area (Å²) in [5.41, 5.74) is 1.95. The minimum atomic E-state index is 0.186. The Morgan fingerprint density at radius 3 is 3.00 bits per heavy atom. The molecule has 4 heteroatoms. The molecule has 0 spiro atoms. The summed E-state index contributed by atoms with van der Waals surface area (Å²) in [6.45, 7) is 5.58. The van der Waals surface area contributed by atoms with E-state index < -0.39 is 0 Å². The topological polar surface area (TPSA) is 38.1 Å². The highest BCUT2D eigenvalue weighted by molar-refractivity contribution is 9.10. The van der Waals surface area contributed by atoms with E-state index in [-0.39, 0.29) is 11.5 Å². The van der Waals surface area contributed by atoms with Gasteiger partial charge in [0.05, 0.1) is 10.5 Å². The first-order valence-electron chi connectivity index (χ1n) is 6.36. The minimum absolute atomic E-state index is 0.186. The average molecular weight is 309 g/mol. The molecule has 1 atom stereocenters. The molecule has 1 aromatic heterocycles. The number of para-hydroxylation sites is 1. The van der Waals surface area contributed by atoms with Gasteiger partial charge in [-0.15, -0.1) is 0 Å². The Balaban J connectivity index is 2.06. The van der Waals surface area contributed by atoms with Gasteiger partial charge in [-0.2, -0.15) is 0 Å². The van der Waals surface area contributed by atoms with Crippen molar-refractivity contribution in [3.05, 3.63) is 28.6 Å². The monoisotopic (exact) mass is 308 g/mol. The zero-order chi connectivity index (χ0) is 12.8. The maximum absolute atomic E-state index is 5.95. The predicted molar refractivity (Wildman–Crippen MR) is 75.5 cm³/mol. The second kappa shape index (κ2) is 4.35. The van der Waals surface area contributed by atoms with Crippen molar-refractivity contribution < 1.29 is 4.42 Å². The Kier molecular flexibility index (Phi) is 2.94. The van der Waals surface area contributed by atoms with Crippen LogP contribution in [-0.2, 0) is 0 Å². The Hall–Kier alpha value is -0.870. The number of nitrogens with zero attached hydrogens (tertiary/aromatic N) is 1. The van der Waals surface area contributed by atoms with Gasteiger partial charge in [-0.25, -0.2) is 4.98 Å². The van der Waals surface area contributed by atoms with Crippen LogP contribution in [0.25, 0.3) is 11.1 Å². The molecule has 0 amide bonds. The number of oxazole rings is 1. The number of hydrogen-bond donors (Lipinski definition) is 1. The van der Waals surface area contributed by atoms with Crippen molar-refractivity contribution >= 4 is 27.0 Å². The molecular formula is C14H17BrN2O. The van der Waals surface area contributed by atoms with Crippen LogP contribution in [0.1, 0.15) is 38.6 Å². The molecule has 1 aromatic carbocycles. The summed E-state index contributed by atoms with van der Waals surface area (Å²) >= 11 is 3.51. The molecular weight excluding hydrogens is 292 g/mol. The van der Waals surface area contributed by atoms with Gasteiger partial charge in [-0.3, -0.25) is 0 Å². The molecule has 96 valence electrons. The van der Waals surface area contributed by atoms with Crippen LogP contribution in [0.15, 0.2) is 27.1 Å². The molecule has 3 nitrogen and oxygen atoms in total. The van der Waals surface area contributed by atoms with Crippen molar-refractivity contribution in [1.82, 2.24) is 10.3 Å². The summed E-state index contributed by atoms with van der Waals surface area (Å²) in [7, 11) is 0. The second-order valence-electron chi connectivity index (χ2n) is 5.62. The number of piperidine rings is 1. The van der Waals surface area contributed by atoms with E-state index in [0.717, 1.165) is 28.0 Å². The number of aromatic nitrogens is 1. The van der Waals surface area contributed by atoms with Crippen LogP contribution >= 0.6 is 15.9 Å². The van der Waals surface area contributed by atoms with Crippen molar-refractivity contribution in [2.24, 2.45) is 5.41 Å². The third kappa shape index (κ3) is 1.97. The lowest BCUT2D eigenvalue weighted by molar-refractivity contribution is 0.157. The molecule has 1 N–H and O–H groups in total. The molecule has 18 heavy (non-hydrogen) atoms. The van der Waals surface area contributed by atoms with E-state index in [1.165, 1.54) is 12.8 Å². The largest absolute Gasteiger partial charge is 0.438 e. The molecule has 0 aliphatic carbocycles. The third-order valence-corrected chi connectivity index (χ3v) is 4.38. The van der Waals surface area contributed by atoms with Gasteiger partial charge in [-0.05, 0) is 52.9 Å². The summed E-state index contributed by atoms with van der Waals surface area (Å²) in [6.07, 6.45) is 2.41. The second-order valence-corrected chi connectivity index (χ2v) is 6.47. The fourth-order valence-corrected chi connectivity index (χ4v) is 3.13. The van der Waals surface area contributed by atoms with Crippen molar-refractivity contribution in [1.29, 1.82) is 0 Å². The first kappa shape index (κ1) is 12.2. The first-order chi connectivity index (χ1) is 8.58.